The Balaban J connectivity index is 2.38. The van der Waals surface area contributed by atoms with Crippen molar-refractivity contribution in [2.45, 2.75) is 6.54 Å². The number of aromatic nitrogens is 4. The Bertz CT molecular complexity index is 513. The molecule has 1 heterocycles. The van der Waals surface area contributed by atoms with Crippen molar-refractivity contribution in [3.8, 4) is 11.4 Å². The Morgan fingerprint density at radius 1 is 1.47 bits per heavy atom. The molecule has 0 saturated heterocycles. The molecule has 0 saturated carbocycles. The fourth-order valence-electron chi connectivity index (χ4n) is 1.44. The van der Waals surface area contributed by atoms with Crippen LogP contribution < -0.4 is 5.73 Å². The standard InChI is InChI=1S/C10H12ClN5O/c1-17-5-4-16-10(13-14-15-16)8-6-7(12)2-3-9(8)11/h2-3,6H,4-5,12H2,1H3. The molecule has 2 N–H and O–H groups in total. The second-order valence-corrected chi connectivity index (χ2v) is 3.86. The minimum absolute atomic E-state index is 0.526. The second-order valence-electron chi connectivity index (χ2n) is 3.46. The maximum atomic E-state index is 6.10. The molecular formula is C10H12ClN5O. The van der Waals surface area contributed by atoms with E-state index in [1.54, 1.807) is 30.0 Å². The van der Waals surface area contributed by atoms with Gasteiger partial charge in [-0.2, -0.15) is 0 Å². The van der Waals surface area contributed by atoms with Gasteiger partial charge in [-0.3, -0.25) is 0 Å². The number of methoxy groups -OCH3 is 1. The summed E-state index contributed by atoms with van der Waals surface area (Å²) in [4.78, 5) is 0. The summed E-state index contributed by atoms with van der Waals surface area (Å²) in [5.41, 5.74) is 7.05. The molecule has 2 aromatic rings. The van der Waals surface area contributed by atoms with Gasteiger partial charge >= 0.3 is 0 Å². The van der Waals surface area contributed by atoms with Gasteiger partial charge < -0.3 is 10.5 Å². The molecule has 17 heavy (non-hydrogen) atoms. The average Bonchev–Trinajstić information content (AvgIpc) is 2.77. The number of benzene rings is 1. The fraction of sp³-hybridized carbons (Fsp3) is 0.300. The van der Waals surface area contributed by atoms with Crippen molar-refractivity contribution < 1.29 is 4.74 Å². The molecule has 0 bridgehead atoms. The first kappa shape index (κ1) is 11.8. The van der Waals surface area contributed by atoms with Crippen LogP contribution in [0.2, 0.25) is 5.02 Å². The van der Waals surface area contributed by atoms with Crippen molar-refractivity contribution in [1.82, 2.24) is 20.2 Å². The van der Waals surface area contributed by atoms with Gasteiger partial charge in [-0.15, -0.1) is 5.10 Å². The number of nitrogens with zero attached hydrogens (tertiary/aromatic N) is 4. The highest BCUT2D eigenvalue weighted by atomic mass is 35.5. The molecule has 0 amide bonds. The number of tetrazole rings is 1. The Labute approximate surface area is 103 Å². The summed E-state index contributed by atoms with van der Waals surface area (Å²) in [6.45, 7) is 1.09. The predicted molar refractivity (Wildman–Crippen MR) is 64.6 cm³/mol. The highest BCUT2D eigenvalue weighted by molar-refractivity contribution is 6.33. The molecule has 0 atom stereocenters. The number of nitrogen functional groups attached to an aromatic ring is 1. The first-order valence-electron chi connectivity index (χ1n) is 5.03. The maximum Gasteiger partial charge on any atom is 0.183 e. The van der Waals surface area contributed by atoms with E-state index in [4.69, 9.17) is 22.1 Å². The zero-order chi connectivity index (χ0) is 12.3. The van der Waals surface area contributed by atoms with E-state index < -0.39 is 0 Å². The highest BCUT2D eigenvalue weighted by Gasteiger charge is 2.12. The zero-order valence-corrected chi connectivity index (χ0v) is 10.1. The van der Waals surface area contributed by atoms with Gasteiger partial charge in [0.05, 0.1) is 18.2 Å². The van der Waals surface area contributed by atoms with E-state index in [1.165, 1.54) is 0 Å². The van der Waals surface area contributed by atoms with Crippen LogP contribution in [0.1, 0.15) is 0 Å². The van der Waals surface area contributed by atoms with Gasteiger partial charge in [-0.05, 0) is 28.6 Å². The number of rotatable bonds is 4. The van der Waals surface area contributed by atoms with Crippen LogP contribution in [0.5, 0.6) is 0 Å². The zero-order valence-electron chi connectivity index (χ0n) is 9.30. The van der Waals surface area contributed by atoms with E-state index in [9.17, 15) is 0 Å². The Hall–Kier alpha value is -1.66. The molecule has 2 rings (SSSR count). The third-order valence-corrected chi connectivity index (χ3v) is 2.60. The van der Waals surface area contributed by atoms with E-state index in [-0.39, 0.29) is 0 Å². The van der Waals surface area contributed by atoms with Crippen LogP contribution >= 0.6 is 11.6 Å². The SMILES string of the molecule is COCCn1nnnc1-c1cc(N)ccc1Cl. The summed E-state index contributed by atoms with van der Waals surface area (Å²) in [6, 6.07) is 5.20. The van der Waals surface area contributed by atoms with Gasteiger partial charge in [0.1, 0.15) is 0 Å². The van der Waals surface area contributed by atoms with Crippen LogP contribution in [0.15, 0.2) is 18.2 Å². The quantitative estimate of drug-likeness (QED) is 0.829. The molecule has 0 spiro atoms. The lowest BCUT2D eigenvalue weighted by Gasteiger charge is -2.06. The molecule has 0 radical (unpaired) electrons. The Morgan fingerprint density at radius 2 is 2.29 bits per heavy atom. The van der Waals surface area contributed by atoms with E-state index in [1.807, 2.05) is 0 Å². The monoisotopic (exact) mass is 253 g/mol. The first-order valence-corrected chi connectivity index (χ1v) is 5.40. The minimum Gasteiger partial charge on any atom is -0.399 e. The van der Waals surface area contributed by atoms with Gasteiger partial charge in [-0.25, -0.2) is 4.68 Å². The number of anilines is 1. The molecule has 0 aliphatic carbocycles. The third-order valence-electron chi connectivity index (χ3n) is 2.27. The van der Waals surface area contributed by atoms with E-state index in [2.05, 4.69) is 15.5 Å². The van der Waals surface area contributed by atoms with Gasteiger partial charge in [0.2, 0.25) is 0 Å². The highest BCUT2D eigenvalue weighted by Crippen LogP contribution is 2.27. The number of ether oxygens (including phenoxy) is 1. The summed E-state index contributed by atoms with van der Waals surface area (Å²) in [5.74, 6) is 0.583. The number of halogens is 1. The third kappa shape index (κ3) is 2.54. The smallest absolute Gasteiger partial charge is 0.183 e. The molecule has 90 valence electrons. The summed E-state index contributed by atoms with van der Waals surface area (Å²) < 4.78 is 6.62. The van der Waals surface area contributed by atoms with Crippen LogP contribution in [0, 0.1) is 0 Å². The van der Waals surface area contributed by atoms with Crippen LogP contribution in [0.3, 0.4) is 0 Å². The number of hydrogen-bond acceptors (Lipinski definition) is 5. The van der Waals surface area contributed by atoms with Gasteiger partial charge in [-0.1, -0.05) is 11.6 Å². The normalized spacial score (nSPS) is 10.7. The van der Waals surface area contributed by atoms with Crippen molar-refractivity contribution in [3.05, 3.63) is 23.2 Å². The minimum atomic E-state index is 0.526. The molecule has 1 aromatic heterocycles. The summed E-state index contributed by atoms with van der Waals surface area (Å²) in [5, 5.41) is 12.0. The van der Waals surface area contributed by atoms with Crippen molar-refractivity contribution in [2.75, 3.05) is 19.5 Å². The van der Waals surface area contributed by atoms with Crippen molar-refractivity contribution in [2.24, 2.45) is 0 Å². The average molecular weight is 254 g/mol. The van der Waals surface area contributed by atoms with Gasteiger partial charge in [0.25, 0.3) is 0 Å². The largest absolute Gasteiger partial charge is 0.399 e. The van der Waals surface area contributed by atoms with Crippen LogP contribution in [-0.2, 0) is 11.3 Å². The molecule has 0 aliphatic rings. The maximum absolute atomic E-state index is 6.10. The predicted octanol–water partition coefficient (Wildman–Crippen LogP) is 1.22. The van der Waals surface area contributed by atoms with E-state index >= 15 is 0 Å². The Kier molecular flexibility index (Phi) is 3.55. The summed E-state index contributed by atoms with van der Waals surface area (Å²) >= 11 is 6.10. The molecule has 0 unspecified atom stereocenters. The Morgan fingerprint density at radius 3 is 3.06 bits per heavy atom. The van der Waals surface area contributed by atoms with Gasteiger partial charge in [0, 0.05) is 18.4 Å². The van der Waals surface area contributed by atoms with Gasteiger partial charge in [0.15, 0.2) is 5.82 Å². The van der Waals surface area contributed by atoms with Crippen LogP contribution in [0.25, 0.3) is 11.4 Å². The lowest BCUT2D eigenvalue weighted by atomic mass is 10.2. The lowest BCUT2D eigenvalue weighted by molar-refractivity contribution is 0.183. The topological polar surface area (TPSA) is 78.8 Å². The van der Waals surface area contributed by atoms with Crippen LogP contribution in [-0.4, -0.2) is 33.9 Å². The fourth-order valence-corrected chi connectivity index (χ4v) is 1.64. The van der Waals surface area contributed by atoms with Crippen molar-refractivity contribution >= 4 is 17.3 Å². The van der Waals surface area contributed by atoms with Crippen LogP contribution in [0.4, 0.5) is 5.69 Å². The molecule has 0 aliphatic heterocycles. The van der Waals surface area contributed by atoms with Crippen molar-refractivity contribution in [3.63, 3.8) is 0 Å². The molecule has 0 fully saturated rings. The van der Waals surface area contributed by atoms with Crippen molar-refractivity contribution in [1.29, 1.82) is 0 Å². The number of nitrogens with two attached hydrogens (primary N) is 1. The summed E-state index contributed by atoms with van der Waals surface area (Å²) in [6.07, 6.45) is 0. The molecule has 6 nitrogen and oxygen atoms in total. The van der Waals surface area contributed by atoms with E-state index in [0.717, 1.165) is 0 Å². The molecular weight excluding hydrogens is 242 g/mol. The first-order chi connectivity index (χ1) is 8.22. The summed E-state index contributed by atoms with van der Waals surface area (Å²) in [7, 11) is 1.62. The molecule has 7 heteroatoms. The number of hydrogen-bond donors (Lipinski definition) is 1. The van der Waals surface area contributed by atoms with E-state index in [0.29, 0.717) is 35.2 Å². The lowest BCUT2D eigenvalue weighted by Crippen LogP contribution is -2.08. The molecule has 1 aromatic carbocycles. The second kappa shape index (κ2) is 5.11.